The summed E-state index contributed by atoms with van der Waals surface area (Å²) < 4.78 is 0. The average Bonchev–Trinajstić information content (AvgIpc) is 2.59. The van der Waals surface area contributed by atoms with Gasteiger partial charge >= 0.3 is 6.03 Å². The SMILES string of the molecule is CC(c1cccc2ccccc12)N(Cc1cccnc1)C(N)=O. The number of hydrogen-bond donors (Lipinski definition) is 1. The van der Waals surface area contributed by atoms with Gasteiger partial charge < -0.3 is 10.6 Å². The third-order valence-corrected chi connectivity index (χ3v) is 4.10. The van der Waals surface area contributed by atoms with E-state index < -0.39 is 6.03 Å². The first-order valence-corrected chi connectivity index (χ1v) is 7.59. The predicted molar refractivity (Wildman–Crippen MR) is 91.7 cm³/mol. The van der Waals surface area contributed by atoms with Gasteiger partial charge in [0.25, 0.3) is 0 Å². The van der Waals surface area contributed by atoms with Gasteiger partial charge in [0.05, 0.1) is 6.04 Å². The molecule has 0 aliphatic carbocycles. The summed E-state index contributed by atoms with van der Waals surface area (Å²) in [4.78, 5) is 17.7. The molecule has 2 N–H and O–H groups in total. The smallest absolute Gasteiger partial charge is 0.315 e. The molecule has 3 aromatic rings. The highest BCUT2D eigenvalue weighted by molar-refractivity contribution is 5.86. The molecule has 0 spiro atoms. The minimum Gasteiger partial charge on any atom is -0.351 e. The Labute approximate surface area is 135 Å². The first kappa shape index (κ1) is 15.0. The van der Waals surface area contributed by atoms with Crippen molar-refractivity contribution >= 4 is 16.8 Å². The maximum Gasteiger partial charge on any atom is 0.315 e. The van der Waals surface area contributed by atoms with Gasteiger partial charge in [0.15, 0.2) is 0 Å². The van der Waals surface area contributed by atoms with Gasteiger partial charge in [0, 0.05) is 18.9 Å². The fourth-order valence-corrected chi connectivity index (χ4v) is 2.88. The van der Waals surface area contributed by atoms with Crippen molar-refractivity contribution in [1.29, 1.82) is 0 Å². The summed E-state index contributed by atoms with van der Waals surface area (Å²) in [6, 6.07) is 17.5. The fourth-order valence-electron chi connectivity index (χ4n) is 2.88. The molecule has 4 nitrogen and oxygen atoms in total. The molecule has 0 aliphatic heterocycles. The third-order valence-electron chi connectivity index (χ3n) is 4.10. The predicted octanol–water partition coefficient (Wildman–Crippen LogP) is 3.88. The average molecular weight is 305 g/mol. The van der Waals surface area contributed by atoms with Gasteiger partial charge in [-0.15, -0.1) is 0 Å². The number of carbonyl (C=O) groups is 1. The molecular formula is C19H19N3O. The Kier molecular flexibility index (Phi) is 4.24. The van der Waals surface area contributed by atoms with Crippen molar-refractivity contribution < 1.29 is 4.79 Å². The maximum absolute atomic E-state index is 12.0. The number of primary amides is 1. The van der Waals surface area contributed by atoms with E-state index in [1.165, 1.54) is 0 Å². The lowest BCUT2D eigenvalue weighted by Gasteiger charge is -2.28. The molecule has 0 saturated carbocycles. The Bertz CT molecular complexity index is 812. The van der Waals surface area contributed by atoms with E-state index in [1.807, 2.05) is 43.3 Å². The van der Waals surface area contributed by atoms with Crippen LogP contribution in [0.5, 0.6) is 0 Å². The molecule has 1 atom stereocenters. The molecular weight excluding hydrogens is 286 g/mol. The Morgan fingerprint density at radius 3 is 2.65 bits per heavy atom. The van der Waals surface area contributed by atoms with Gasteiger partial charge in [-0.05, 0) is 34.9 Å². The molecule has 2 aromatic carbocycles. The summed E-state index contributed by atoms with van der Waals surface area (Å²) in [6.07, 6.45) is 3.47. The van der Waals surface area contributed by atoms with Gasteiger partial charge in [0.2, 0.25) is 0 Å². The van der Waals surface area contributed by atoms with E-state index in [0.717, 1.165) is 21.9 Å². The molecule has 116 valence electrons. The van der Waals surface area contributed by atoms with Gasteiger partial charge in [-0.3, -0.25) is 4.98 Å². The largest absolute Gasteiger partial charge is 0.351 e. The quantitative estimate of drug-likeness (QED) is 0.795. The number of carbonyl (C=O) groups excluding carboxylic acids is 1. The highest BCUT2D eigenvalue weighted by Gasteiger charge is 2.21. The van der Waals surface area contributed by atoms with Crippen molar-refractivity contribution in [3.63, 3.8) is 0 Å². The topological polar surface area (TPSA) is 59.2 Å². The number of nitrogens with two attached hydrogens (primary N) is 1. The summed E-state index contributed by atoms with van der Waals surface area (Å²) in [5.41, 5.74) is 7.68. The van der Waals surface area contributed by atoms with Crippen LogP contribution < -0.4 is 5.73 Å². The monoisotopic (exact) mass is 305 g/mol. The normalized spacial score (nSPS) is 12.0. The van der Waals surface area contributed by atoms with E-state index in [0.29, 0.717) is 6.54 Å². The van der Waals surface area contributed by atoms with Crippen LogP contribution in [0.1, 0.15) is 24.1 Å². The Morgan fingerprint density at radius 1 is 1.13 bits per heavy atom. The summed E-state index contributed by atoms with van der Waals surface area (Å²) >= 11 is 0. The number of fused-ring (bicyclic) bond motifs is 1. The summed E-state index contributed by atoms with van der Waals surface area (Å²) in [5.74, 6) is 0. The fraction of sp³-hybridized carbons (Fsp3) is 0.158. The van der Waals surface area contributed by atoms with E-state index in [9.17, 15) is 4.79 Å². The van der Waals surface area contributed by atoms with E-state index in [2.05, 4.69) is 23.2 Å². The third kappa shape index (κ3) is 3.16. The van der Waals surface area contributed by atoms with Crippen molar-refractivity contribution in [3.05, 3.63) is 78.1 Å². The number of benzene rings is 2. The van der Waals surface area contributed by atoms with Crippen molar-refractivity contribution in [1.82, 2.24) is 9.88 Å². The highest BCUT2D eigenvalue weighted by Crippen LogP contribution is 2.28. The summed E-state index contributed by atoms with van der Waals surface area (Å²) in [7, 11) is 0. The molecule has 0 aliphatic rings. The molecule has 0 saturated heterocycles. The number of urea groups is 1. The van der Waals surface area contributed by atoms with Crippen molar-refractivity contribution in [2.45, 2.75) is 19.5 Å². The number of hydrogen-bond acceptors (Lipinski definition) is 2. The number of rotatable bonds is 4. The lowest BCUT2D eigenvalue weighted by atomic mass is 9.98. The van der Waals surface area contributed by atoms with Crippen LogP contribution in [0.15, 0.2) is 67.0 Å². The Morgan fingerprint density at radius 2 is 1.91 bits per heavy atom. The minimum absolute atomic E-state index is 0.126. The molecule has 2 amide bonds. The van der Waals surface area contributed by atoms with Crippen LogP contribution in [0.3, 0.4) is 0 Å². The van der Waals surface area contributed by atoms with Crippen LogP contribution in [0, 0.1) is 0 Å². The lowest BCUT2D eigenvalue weighted by molar-refractivity contribution is 0.185. The van der Waals surface area contributed by atoms with E-state index in [-0.39, 0.29) is 6.04 Å². The molecule has 23 heavy (non-hydrogen) atoms. The van der Waals surface area contributed by atoms with E-state index >= 15 is 0 Å². The van der Waals surface area contributed by atoms with E-state index in [4.69, 9.17) is 5.73 Å². The summed E-state index contributed by atoms with van der Waals surface area (Å²) in [5, 5.41) is 2.29. The van der Waals surface area contributed by atoms with Crippen LogP contribution >= 0.6 is 0 Å². The number of aromatic nitrogens is 1. The zero-order valence-electron chi connectivity index (χ0n) is 13.0. The van der Waals surface area contributed by atoms with E-state index in [1.54, 1.807) is 17.3 Å². The molecule has 3 rings (SSSR count). The first-order chi connectivity index (χ1) is 11.2. The lowest BCUT2D eigenvalue weighted by Crippen LogP contribution is -2.37. The van der Waals surface area contributed by atoms with Crippen LogP contribution in [0.2, 0.25) is 0 Å². The molecule has 0 bridgehead atoms. The molecule has 1 heterocycles. The second kappa shape index (κ2) is 6.48. The zero-order chi connectivity index (χ0) is 16.2. The van der Waals surface area contributed by atoms with Crippen molar-refractivity contribution in [2.24, 2.45) is 5.73 Å². The van der Waals surface area contributed by atoms with Crippen LogP contribution in [-0.2, 0) is 6.54 Å². The van der Waals surface area contributed by atoms with Crippen LogP contribution in [-0.4, -0.2) is 15.9 Å². The number of pyridine rings is 1. The zero-order valence-corrected chi connectivity index (χ0v) is 13.0. The minimum atomic E-state index is -0.436. The first-order valence-electron chi connectivity index (χ1n) is 7.59. The Hall–Kier alpha value is -2.88. The molecule has 1 aromatic heterocycles. The van der Waals surface area contributed by atoms with Crippen molar-refractivity contribution in [2.75, 3.05) is 0 Å². The standard InChI is InChI=1S/C19H19N3O/c1-14(17-10-4-8-16-7-2-3-9-18(16)17)22(19(20)23)13-15-6-5-11-21-12-15/h2-12,14H,13H2,1H3,(H2,20,23). The molecule has 4 heteroatoms. The summed E-state index contributed by atoms with van der Waals surface area (Å²) in [6.45, 7) is 2.44. The van der Waals surface area contributed by atoms with Gasteiger partial charge in [-0.1, -0.05) is 48.5 Å². The maximum atomic E-state index is 12.0. The second-order valence-electron chi connectivity index (χ2n) is 5.57. The molecule has 0 fully saturated rings. The van der Waals surface area contributed by atoms with Gasteiger partial charge in [-0.2, -0.15) is 0 Å². The molecule has 1 unspecified atom stereocenters. The molecule has 0 radical (unpaired) electrons. The second-order valence-corrected chi connectivity index (χ2v) is 5.57. The van der Waals surface area contributed by atoms with Gasteiger partial charge in [-0.25, -0.2) is 4.79 Å². The number of amides is 2. The Balaban J connectivity index is 1.97. The van der Waals surface area contributed by atoms with Crippen molar-refractivity contribution in [3.8, 4) is 0 Å². The van der Waals surface area contributed by atoms with Gasteiger partial charge in [0.1, 0.15) is 0 Å². The van der Waals surface area contributed by atoms with Crippen LogP contribution in [0.25, 0.3) is 10.8 Å². The highest BCUT2D eigenvalue weighted by atomic mass is 16.2. The van der Waals surface area contributed by atoms with Crippen LogP contribution in [0.4, 0.5) is 4.79 Å². The number of nitrogens with zero attached hydrogens (tertiary/aromatic N) is 2.